The number of cyclic esters (lactones) is 1. The number of fused-ring (bicyclic) bond motifs is 2. The highest BCUT2D eigenvalue weighted by Crippen LogP contribution is 2.54. The molecule has 5 aliphatic heterocycles. The predicted octanol–water partition coefficient (Wildman–Crippen LogP) is -2.35. The van der Waals surface area contributed by atoms with E-state index in [0.29, 0.717) is 0 Å². The van der Waals surface area contributed by atoms with Crippen LogP contribution >= 0.6 is 31.3 Å². The predicted molar refractivity (Wildman–Crippen MR) is 296 cm³/mol. The quantitative estimate of drug-likeness (QED) is 0.0211. The highest BCUT2D eigenvalue weighted by Gasteiger charge is 2.50. The van der Waals surface area contributed by atoms with E-state index in [1.165, 1.54) is 47.3 Å². The number of carbonyl (C=O) groups is 1. The lowest BCUT2D eigenvalue weighted by atomic mass is 10.2. The van der Waals surface area contributed by atoms with Crippen LogP contribution in [0.4, 0.5) is 17.6 Å². The Morgan fingerprint density at radius 2 is 1.10 bits per heavy atom. The molecule has 0 aromatic carbocycles. The number of imidazole rings is 2. The zero-order valence-corrected chi connectivity index (χ0v) is 50.4. The van der Waals surface area contributed by atoms with Crippen molar-refractivity contribution in [1.29, 1.82) is 0 Å². The van der Waals surface area contributed by atoms with E-state index in [9.17, 15) is 72.0 Å². The Bertz CT molecular complexity index is 4170. The fourth-order valence-electron chi connectivity index (χ4n) is 10.4. The Morgan fingerprint density at radius 3 is 1.70 bits per heavy atom. The number of aliphatic hydroxyl groups is 2. The topological polar surface area (TPSA) is 602 Å². The van der Waals surface area contributed by atoms with Gasteiger partial charge < -0.3 is 70.7 Å². The third kappa shape index (κ3) is 15.0. The number of ether oxygens (including phenoxy) is 5. The summed E-state index contributed by atoms with van der Waals surface area (Å²) in [6.45, 7) is -3.20. The number of nitrogens with one attached hydrogen (secondary N) is 2. The van der Waals surface area contributed by atoms with Crippen LogP contribution in [0, 0.1) is 6.92 Å². The molecule has 4 unspecified atom stereocenters. The maximum Gasteiger partial charge on any atom is 0.472 e. The molecule has 0 aliphatic carbocycles. The van der Waals surface area contributed by atoms with Crippen molar-refractivity contribution < 1.29 is 113 Å². The van der Waals surface area contributed by atoms with Crippen molar-refractivity contribution in [3.63, 3.8) is 0 Å². The largest absolute Gasteiger partial charge is 0.472 e. The number of carbonyl (C=O) groups excluding carboxylic acids is 1. The molecule has 6 aromatic rings. The molecule has 0 bridgehead atoms. The maximum absolute atomic E-state index is 13.7. The first-order chi connectivity index (χ1) is 43.0. The molecule has 0 amide bonds. The summed E-state index contributed by atoms with van der Waals surface area (Å²) in [5.74, 6) is -1.42. The van der Waals surface area contributed by atoms with Crippen molar-refractivity contribution >= 4 is 77.2 Å². The summed E-state index contributed by atoms with van der Waals surface area (Å²) in [6.07, 6.45) is -15.9. The van der Waals surface area contributed by atoms with Gasteiger partial charge in [-0.1, -0.05) is 0 Å². The normalized spacial score (nSPS) is 30.4. The minimum absolute atomic E-state index is 0.0136. The lowest BCUT2D eigenvalue weighted by Gasteiger charge is -2.25. The van der Waals surface area contributed by atoms with Crippen LogP contribution in [0.25, 0.3) is 22.3 Å². The molecule has 0 spiro atoms. The highest BCUT2D eigenvalue weighted by atomic mass is 31.2. The van der Waals surface area contributed by atoms with Gasteiger partial charge in [0.2, 0.25) is 5.95 Å². The first kappa shape index (κ1) is 66.0. The molecule has 0 saturated carbocycles. The molecule has 11 rings (SSSR count). The number of nitrogens with two attached hydrogens (primary N) is 3. The number of aliphatic hydroxyl groups excluding tert-OH is 2. The Morgan fingerprint density at radius 1 is 0.593 bits per heavy atom. The number of phosphoric acid groups is 4. The van der Waals surface area contributed by atoms with Crippen molar-refractivity contribution in [1.82, 2.24) is 58.1 Å². The third-order valence-electron chi connectivity index (χ3n) is 14.7. The zero-order valence-electron chi connectivity index (χ0n) is 46.8. The first-order valence-corrected chi connectivity index (χ1v) is 33.0. The molecule has 18 atom stereocenters. The Kier molecular flexibility index (Phi) is 19.0. The van der Waals surface area contributed by atoms with E-state index in [4.69, 9.17) is 77.1 Å². The standard InChI is InChI=1S/C44H57N15O28P4/c1-18-9-57(44(66)55-40(18)63)32-7-22(86-88(67,68)75-11-25-19(61)4-30(80-25)58-16-50-35-37(46)48-15-49-38(35)58)27(82-32)13-77-91(73,74)87-23-8-34(62)83-28(23)14-78-90(71,72)85-21-6-31(56-3-2-29(45)52-43(56)65)81-26(21)12-76-89(69,70)84-20-5-33(79-24(20)10-60)59-17-51-36-39(59)53-42(47)54-41(36)64/h2-3,9,15-17,19-28,30-33,60-61H,4-8,10-14H2,1H3,(H,67,68)(H,69,70)(H,71,72)(H,73,74)(H2,45,52,65)(H2,46,48,49)(H,55,63,66)(H3,47,53,54,64)/t19-,20-,21-,22-,23-,24+,25+,26+,27+,28+,30+,31+,32+,33+/m0/s1. The lowest BCUT2D eigenvalue weighted by molar-refractivity contribution is -0.143. The lowest BCUT2D eigenvalue weighted by Crippen LogP contribution is -2.33. The van der Waals surface area contributed by atoms with Crippen LogP contribution in [0.1, 0.15) is 62.6 Å². The van der Waals surface area contributed by atoms with Crippen molar-refractivity contribution in [2.45, 2.75) is 125 Å². The monoisotopic (exact) mass is 1370 g/mol. The number of esters is 1. The van der Waals surface area contributed by atoms with Crippen molar-refractivity contribution in [2.24, 2.45) is 0 Å². The summed E-state index contributed by atoms with van der Waals surface area (Å²) < 4.78 is 130. The van der Waals surface area contributed by atoms with Gasteiger partial charge in [0.1, 0.15) is 91.4 Å². The van der Waals surface area contributed by atoms with Gasteiger partial charge in [-0.25, -0.2) is 47.8 Å². The van der Waals surface area contributed by atoms with Crippen molar-refractivity contribution in [3.8, 4) is 0 Å². The summed E-state index contributed by atoms with van der Waals surface area (Å²) in [6, 6.07) is 1.22. The van der Waals surface area contributed by atoms with Crippen LogP contribution in [-0.4, -0.2) is 188 Å². The van der Waals surface area contributed by atoms with Gasteiger partial charge in [-0.05, 0) is 13.0 Å². The molecule has 0 radical (unpaired) electrons. The van der Waals surface area contributed by atoms with Crippen molar-refractivity contribution in [3.05, 3.63) is 84.7 Å². The Hall–Kier alpha value is -6.47. The average molecular weight is 1370 g/mol. The zero-order chi connectivity index (χ0) is 65.1. The molecule has 43 nitrogen and oxygen atoms in total. The molecular weight excluding hydrogens is 1310 g/mol. The fourth-order valence-corrected chi connectivity index (χ4v) is 14.3. The van der Waals surface area contributed by atoms with Crippen LogP contribution < -0.4 is 39.7 Å². The van der Waals surface area contributed by atoms with Gasteiger partial charge in [-0.15, -0.1) is 0 Å². The van der Waals surface area contributed by atoms with Gasteiger partial charge in [0.25, 0.3) is 11.1 Å². The Labute approximate surface area is 506 Å². The molecule has 6 aromatic heterocycles. The van der Waals surface area contributed by atoms with E-state index in [0.717, 1.165) is 15.3 Å². The van der Waals surface area contributed by atoms with E-state index in [2.05, 4.69) is 39.9 Å². The molecule has 5 saturated heterocycles. The van der Waals surface area contributed by atoms with Gasteiger partial charge in [0.15, 0.2) is 28.7 Å². The molecule has 496 valence electrons. The average Bonchev–Trinajstić information content (AvgIpc) is 1.67. The second-order valence-electron chi connectivity index (χ2n) is 21.0. The maximum atomic E-state index is 13.7. The number of aromatic nitrogens is 12. The number of nitrogen functional groups attached to an aromatic ring is 3. The highest BCUT2D eigenvalue weighted by molar-refractivity contribution is 7.48. The summed E-state index contributed by atoms with van der Waals surface area (Å²) in [5, 5.41) is 21.0. The summed E-state index contributed by atoms with van der Waals surface area (Å²) >= 11 is 0. The van der Waals surface area contributed by atoms with Crippen LogP contribution in [0.5, 0.6) is 0 Å². The second-order valence-corrected chi connectivity index (χ2v) is 26.6. The number of anilines is 3. The summed E-state index contributed by atoms with van der Waals surface area (Å²) in [5.41, 5.74) is 14.3. The number of hydrogen-bond donors (Lipinski definition) is 11. The van der Waals surface area contributed by atoms with Crippen LogP contribution in [0.15, 0.2) is 56.6 Å². The van der Waals surface area contributed by atoms with Crippen LogP contribution in [0.2, 0.25) is 0 Å². The Balaban J connectivity index is 0.716. The molecule has 5 fully saturated rings. The van der Waals surface area contributed by atoms with Gasteiger partial charge in [-0.3, -0.25) is 78.8 Å². The van der Waals surface area contributed by atoms with Crippen LogP contribution in [0.3, 0.4) is 0 Å². The SMILES string of the molecule is Cc1cn([C@H]2C[C@H](OP(=O)(O)OC[C@H]3O[C@@H](n4cnc5c(N)ncnc54)C[C@@H]3O)[C@@H](COP(=O)(O)O[C@H]3CC(=O)O[C@@H]3COP(=O)(O)O[C@H]3C[C@H](n4ccc(N)nc4=O)O[C@@H]3COP(=O)(O)O[C@H]3C[C@H](n4cnc5c(=O)[nH]c(N)nc54)O[C@@H]3CO)O2)c(=O)[nH]c1=O. The molecule has 11 heterocycles. The number of hydrogen-bond acceptors (Lipinski definition) is 33. The van der Waals surface area contributed by atoms with Gasteiger partial charge >= 0.3 is 48.6 Å². The third-order valence-corrected chi connectivity index (χ3v) is 18.8. The fraction of sp³-hybridized carbons (Fsp3) is 0.568. The van der Waals surface area contributed by atoms with E-state index in [-0.39, 0.29) is 58.3 Å². The minimum Gasteiger partial charge on any atom is -0.457 e. The molecular formula is C44H57N15O28P4. The second kappa shape index (κ2) is 26.1. The van der Waals surface area contributed by atoms with Gasteiger partial charge in [0, 0.05) is 43.6 Å². The van der Waals surface area contributed by atoms with E-state index in [1.807, 2.05) is 0 Å². The minimum atomic E-state index is -5.43. The number of aryl methyl sites for hydroxylation is 1. The number of phosphoric ester groups is 4. The summed E-state index contributed by atoms with van der Waals surface area (Å²) in [7, 11) is -21.3. The van der Waals surface area contributed by atoms with Crippen LogP contribution in [-0.2, 0) is 82.9 Å². The van der Waals surface area contributed by atoms with Gasteiger partial charge in [0.05, 0.1) is 58.2 Å². The van der Waals surface area contributed by atoms with E-state index >= 15 is 0 Å². The molecule has 47 heteroatoms. The molecule has 14 N–H and O–H groups in total. The summed E-state index contributed by atoms with van der Waals surface area (Å²) in [4.78, 5) is 135. The van der Waals surface area contributed by atoms with Crippen molar-refractivity contribution in [2.75, 3.05) is 50.2 Å². The first-order valence-electron chi connectivity index (χ1n) is 27.1. The smallest absolute Gasteiger partial charge is 0.457 e. The molecule has 5 aliphatic rings. The number of nitrogens with zero attached hydrogens (tertiary/aromatic N) is 10. The number of aromatic amines is 2. The van der Waals surface area contributed by atoms with E-state index < -0.39 is 198 Å². The number of rotatable bonds is 25. The van der Waals surface area contributed by atoms with E-state index in [1.54, 1.807) is 0 Å². The van der Waals surface area contributed by atoms with Gasteiger partial charge in [-0.2, -0.15) is 9.97 Å². The molecule has 91 heavy (non-hydrogen) atoms. The number of H-pyrrole nitrogens is 2.